The minimum Gasteiger partial charge on any atom is -0.508 e. The van der Waals surface area contributed by atoms with Crippen molar-refractivity contribution in [2.75, 3.05) is 0 Å². The van der Waals surface area contributed by atoms with Crippen molar-refractivity contribution >= 4 is 0 Å². The van der Waals surface area contributed by atoms with Gasteiger partial charge in [0, 0.05) is 21.1 Å². The number of phenols is 1. The average molecular weight is 563 g/mol. The van der Waals surface area contributed by atoms with Crippen LogP contribution in [0.25, 0.3) is 22.3 Å². The molecule has 0 bridgehead atoms. The number of phenolic OH excluding ortho intramolecular Hbond substituents is 1. The van der Waals surface area contributed by atoms with Gasteiger partial charge in [-0.25, -0.2) is 0 Å². The molecule has 2 heteroatoms. The Kier molecular flexibility index (Phi) is 11.4. The van der Waals surface area contributed by atoms with Crippen LogP contribution in [0.5, 0.6) is 5.75 Å². The molecule has 0 aliphatic heterocycles. The molecule has 1 nitrogen and oxygen atoms in total. The molecular formula is C27H27OPt-. The fourth-order valence-corrected chi connectivity index (χ4v) is 2.72. The Labute approximate surface area is 189 Å². The molecule has 0 aliphatic rings. The van der Waals surface area contributed by atoms with Gasteiger partial charge in [-0.2, -0.15) is 0 Å². The van der Waals surface area contributed by atoms with Crippen molar-refractivity contribution in [3.63, 3.8) is 0 Å². The summed E-state index contributed by atoms with van der Waals surface area (Å²) in [5.41, 5.74) is 6.03. The molecule has 0 heterocycles. The van der Waals surface area contributed by atoms with E-state index in [0.717, 1.165) is 11.1 Å². The molecule has 4 aromatic rings. The fraction of sp³-hybridized carbons (Fsp3) is 0.111. The maximum absolute atomic E-state index is 8.63. The Morgan fingerprint density at radius 1 is 0.586 bits per heavy atom. The molecule has 0 unspecified atom stereocenters. The first-order valence-electron chi connectivity index (χ1n) is 9.62. The fourth-order valence-electron chi connectivity index (χ4n) is 2.72. The Hall–Kier alpha value is -2.63. The first kappa shape index (κ1) is 24.4. The summed E-state index contributed by atoms with van der Waals surface area (Å²) in [5, 5.41) is 8.63. The van der Waals surface area contributed by atoms with E-state index in [-0.39, 0.29) is 21.1 Å². The van der Waals surface area contributed by atoms with Crippen LogP contribution in [0.3, 0.4) is 0 Å². The van der Waals surface area contributed by atoms with Gasteiger partial charge in [0.2, 0.25) is 0 Å². The van der Waals surface area contributed by atoms with Crippen LogP contribution in [0, 0.1) is 13.0 Å². The zero-order valence-electron chi connectivity index (χ0n) is 17.1. The maximum Gasteiger partial charge on any atom is 0.115 e. The molecule has 0 spiro atoms. The predicted octanol–water partition coefficient (Wildman–Crippen LogP) is 7.55. The van der Waals surface area contributed by atoms with Gasteiger partial charge in [-0.1, -0.05) is 103 Å². The summed E-state index contributed by atoms with van der Waals surface area (Å²) >= 11 is 0. The smallest absolute Gasteiger partial charge is 0.115 e. The summed E-state index contributed by atoms with van der Waals surface area (Å²) in [4.78, 5) is 0. The van der Waals surface area contributed by atoms with Crippen LogP contribution >= 0.6 is 0 Å². The second kappa shape index (κ2) is 13.5. The van der Waals surface area contributed by atoms with Crippen LogP contribution < -0.4 is 0 Å². The molecule has 152 valence electrons. The Morgan fingerprint density at radius 3 is 1.66 bits per heavy atom. The van der Waals surface area contributed by atoms with Crippen molar-refractivity contribution in [1.29, 1.82) is 0 Å². The number of para-hydroxylation sites is 1. The molecule has 29 heavy (non-hydrogen) atoms. The Morgan fingerprint density at radius 2 is 1.10 bits per heavy atom. The van der Waals surface area contributed by atoms with Crippen LogP contribution in [0.15, 0.2) is 103 Å². The third-order valence-corrected chi connectivity index (χ3v) is 4.07. The molecule has 4 rings (SSSR count). The van der Waals surface area contributed by atoms with E-state index in [4.69, 9.17) is 5.11 Å². The third kappa shape index (κ3) is 7.72. The van der Waals surface area contributed by atoms with Crippen LogP contribution in [0.2, 0.25) is 0 Å². The SMILES string of the molecule is CC.Cc1ccccc1-c1[c-]c(-c2ccccc2)ccc1.Oc1ccccc1.[Pt]. The van der Waals surface area contributed by atoms with Gasteiger partial charge in [-0.15, -0.1) is 35.4 Å². The zero-order valence-corrected chi connectivity index (χ0v) is 19.4. The van der Waals surface area contributed by atoms with Crippen LogP contribution in [-0.2, 0) is 21.1 Å². The van der Waals surface area contributed by atoms with Gasteiger partial charge < -0.3 is 5.11 Å². The molecule has 0 fully saturated rings. The second-order valence-electron chi connectivity index (χ2n) is 5.99. The molecule has 0 radical (unpaired) electrons. The van der Waals surface area contributed by atoms with Crippen molar-refractivity contribution in [3.8, 4) is 28.0 Å². The van der Waals surface area contributed by atoms with Crippen LogP contribution in [0.4, 0.5) is 0 Å². The van der Waals surface area contributed by atoms with Crippen LogP contribution in [0.1, 0.15) is 19.4 Å². The van der Waals surface area contributed by atoms with Gasteiger partial charge in [0.25, 0.3) is 0 Å². The number of hydrogen-bond donors (Lipinski definition) is 1. The summed E-state index contributed by atoms with van der Waals surface area (Å²) in [7, 11) is 0. The molecule has 0 atom stereocenters. The van der Waals surface area contributed by atoms with E-state index in [1.165, 1.54) is 16.7 Å². The quantitative estimate of drug-likeness (QED) is 0.250. The van der Waals surface area contributed by atoms with E-state index in [9.17, 15) is 0 Å². The van der Waals surface area contributed by atoms with E-state index in [1.807, 2.05) is 26.0 Å². The van der Waals surface area contributed by atoms with E-state index in [0.29, 0.717) is 5.75 Å². The summed E-state index contributed by atoms with van der Waals surface area (Å²) in [6.45, 7) is 6.14. The summed E-state index contributed by atoms with van der Waals surface area (Å²) in [5.74, 6) is 0.322. The first-order chi connectivity index (χ1) is 13.7. The number of aromatic hydroxyl groups is 1. The second-order valence-corrected chi connectivity index (χ2v) is 5.99. The molecule has 1 N–H and O–H groups in total. The van der Waals surface area contributed by atoms with Gasteiger partial charge in [0.15, 0.2) is 0 Å². The topological polar surface area (TPSA) is 20.2 Å². The van der Waals surface area contributed by atoms with Crippen LogP contribution in [-0.4, -0.2) is 5.11 Å². The zero-order chi connectivity index (χ0) is 20.2. The van der Waals surface area contributed by atoms with Gasteiger partial charge in [-0.3, -0.25) is 0 Å². The Bertz CT molecular complexity index is 950. The summed E-state index contributed by atoms with van der Waals surface area (Å²) in [6, 6.07) is 37.4. The number of rotatable bonds is 2. The molecule has 0 aliphatic carbocycles. The van der Waals surface area contributed by atoms with Crippen molar-refractivity contribution in [2.45, 2.75) is 20.8 Å². The van der Waals surface area contributed by atoms with Crippen molar-refractivity contribution in [3.05, 3.63) is 115 Å². The van der Waals surface area contributed by atoms with Gasteiger partial charge in [0.1, 0.15) is 5.75 Å². The standard InChI is InChI=1S/C19H15.C6H6O.C2H6.Pt/c1-15-8-5-6-13-19(15)18-12-7-11-17(14-18)16-9-3-2-4-10-16;7-6-4-2-1-3-5-6;1-2;/h2-13H,1H3;1-5,7H;1-2H3;/q-1;;;. The molecule has 0 saturated carbocycles. The van der Waals surface area contributed by atoms with E-state index >= 15 is 0 Å². The third-order valence-electron chi connectivity index (χ3n) is 4.07. The van der Waals surface area contributed by atoms with E-state index < -0.39 is 0 Å². The Balaban J connectivity index is 0.000000356. The summed E-state index contributed by atoms with van der Waals surface area (Å²) < 4.78 is 0. The maximum atomic E-state index is 8.63. The minimum atomic E-state index is 0. The van der Waals surface area contributed by atoms with Crippen molar-refractivity contribution in [1.82, 2.24) is 0 Å². The molecular weight excluding hydrogens is 535 g/mol. The monoisotopic (exact) mass is 562 g/mol. The number of benzene rings is 4. The van der Waals surface area contributed by atoms with Gasteiger partial charge in [0.05, 0.1) is 0 Å². The normalized spacial score (nSPS) is 9.07. The summed E-state index contributed by atoms with van der Waals surface area (Å²) in [6.07, 6.45) is 0. The molecule has 0 amide bonds. The average Bonchev–Trinajstić information content (AvgIpc) is 2.77. The predicted molar refractivity (Wildman–Crippen MR) is 120 cm³/mol. The van der Waals surface area contributed by atoms with Crippen molar-refractivity contribution in [2.24, 2.45) is 0 Å². The van der Waals surface area contributed by atoms with Gasteiger partial charge >= 0.3 is 0 Å². The molecule has 4 aromatic carbocycles. The molecule has 0 saturated heterocycles. The first-order valence-corrected chi connectivity index (χ1v) is 9.62. The molecule has 0 aromatic heterocycles. The van der Waals surface area contributed by atoms with E-state index in [1.54, 1.807) is 24.3 Å². The largest absolute Gasteiger partial charge is 0.508 e. The minimum absolute atomic E-state index is 0. The number of hydrogen-bond acceptors (Lipinski definition) is 1. The van der Waals surface area contributed by atoms with E-state index in [2.05, 4.69) is 79.7 Å². The van der Waals surface area contributed by atoms with Crippen molar-refractivity contribution < 1.29 is 26.2 Å². The van der Waals surface area contributed by atoms with Gasteiger partial charge in [-0.05, 0) is 19.1 Å². The number of aryl methyl sites for hydroxylation is 1.